The van der Waals surface area contributed by atoms with E-state index in [1.165, 1.54) is 55.9 Å². The number of nitrogens with zero attached hydrogens (tertiary/aromatic N) is 5. The number of ether oxygens (including phenoxy) is 7. The Morgan fingerprint density at radius 1 is 0.747 bits per heavy atom. The van der Waals surface area contributed by atoms with Crippen LogP contribution in [0.5, 0.6) is 0 Å². The Morgan fingerprint density at radius 3 is 1.91 bits per heavy atom. The third-order valence-corrected chi connectivity index (χ3v) is 23.8. The second-order valence-electron chi connectivity index (χ2n) is 27.8. The number of rotatable bonds is 25. The van der Waals surface area contributed by atoms with Gasteiger partial charge in [0.25, 0.3) is 0 Å². The third kappa shape index (κ3) is 13.9. The van der Waals surface area contributed by atoms with E-state index in [-0.39, 0.29) is 77.2 Å². The predicted molar refractivity (Wildman–Crippen MR) is 349 cm³/mol. The maximum Gasteiger partial charge on any atom is 0.333 e. The molecule has 27 heteroatoms. The molecular weight excluding hydrogens is 1250 g/mol. The maximum atomic E-state index is 14.6. The Kier molecular flexibility index (Phi) is 22.2. The van der Waals surface area contributed by atoms with Crippen LogP contribution in [0.2, 0.25) is 0 Å². The van der Waals surface area contributed by atoms with Crippen molar-refractivity contribution in [1.29, 1.82) is 0 Å². The van der Waals surface area contributed by atoms with Gasteiger partial charge in [-0.1, -0.05) is 34.6 Å². The van der Waals surface area contributed by atoms with Gasteiger partial charge in [0, 0.05) is 112 Å². The average molecular weight is 1350 g/mol. The van der Waals surface area contributed by atoms with Gasteiger partial charge in [0.2, 0.25) is 5.91 Å². The number of hydrogen-bond donors (Lipinski definition) is 5. The summed E-state index contributed by atoms with van der Waals surface area (Å²) in [6, 6.07) is 2.73. The summed E-state index contributed by atoms with van der Waals surface area (Å²) in [6.07, 6.45) is -2.65. The second-order valence-corrected chi connectivity index (χ2v) is 30.0. The highest BCUT2D eigenvalue weighted by atomic mass is 31.2. The van der Waals surface area contributed by atoms with Crippen molar-refractivity contribution in [2.75, 3.05) is 55.8 Å². The smallest absolute Gasteiger partial charge is 0.333 e. The number of imidazole rings is 1. The highest BCUT2D eigenvalue weighted by molar-refractivity contribution is 7.53. The number of aryl methyl sites for hydroxylation is 2. The minimum atomic E-state index is -4.74. The van der Waals surface area contributed by atoms with Crippen LogP contribution in [0.4, 0.5) is 0 Å². The van der Waals surface area contributed by atoms with E-state index < -0.39 is 143 Å². The van der Waals surface area contributed by atoms with Crippen molar-refractivity contribution in [3.05, 3.63) is 63.9 Å². The normalized spacial score (nSPS) is 32.1. The SMILES string of the molecule is COC(=O)CC[C@@H]1/C2=C(\C)C3=N[C@@H]([C@H](CC(=O)OC)[C@@]3(C)CCC(=O)NC[C@@H](C)P(=O)(O)OC3[C@@H](O)[C@@H](n4cnc5cc(C)c(C)cc54)O[C@@H]3CO)[C@@]3(C)N=C(C(C)=C4N/C(=C\C(=N2)C1(C)C)[C@@H](CCC(=O)OC)[C@]4(C)CC(=O)OC)[C@@H](CCC(=O)OC)[C@]3(C)CC(=O)OC. The topological polar surface area (TPSA) is 350 Å². The lowest BCUT2D eigenvalue weighted by Gasteiger charge is -2.48. The number of aliphatic hydroxyl groups is 2. The number of hydrogen-bond acceptors (Lipinski definition) is 23. The number of allylic oxidation sites excluding steroid dienone is 6. The van der Waals surface area contributed by atoms with Crippen LogP contribution in [0, 0.1) is 59.2 Å². The third-order valence-electron chi connectivity index (χ3n) is 22.0. The van der Waals surface area contributed by atoms with E-state index in [2.05, 4.69) is 15.6 Å². The van der Waals surface area contributed by atoms with Crippen LogP contribution < -0.4 is 10.6 Å². The van der Waals surface area contributed by atoms with Crippen molar-refractivity contribution in [3.8, 4) is 0 Å². The van der Waals surface area contributed by atoms with Gasteiger partial charge in [-0.3, -0.25) is 57.6 Å². The molecule has 1 aromatic carbocycles. The fourth-order valence-electron chi connectivity index (χ4n) is 15.7. The van der Waals surface area contributed by atoms with Gasteiger partial charge in [0.15, 0.2) is 6.23 Å². The van der Waals surface area contributed by atoms with Gasteiger partial charge >= 0.3 is 43.4 Å². The summed E-state index contributed by atoms with van der Waals surface area (Å²) in [5.74, 6) is -6.61. The number of aliphatic hydroxyl groups excluding tert-OH is 2. The summed E-state index contributed by atoms with van der Waals surface area (Å²) in [5.41, 5.74) is 0.0985. The minimum absolute atomic E-state index is 0.0137. The highest BCUT2D eigenvalue weighted by Crippen LogP contribution is 2.63. The Bertz CT molecular complexity index is 3630. The predicted octanol–water partition coefficient (Wildman–Crippen LogP) is 7.36. The molecule has 15 atom stereocenters. The molecule has 1 aromatic heterocycles. The first-order valence-corrected chi connectivity index (χ1v) is 34.0. The van der Waals surface area contributed by atoms with E-state index in [9.17, 15) is 53.2 Å². The maximum absolute atomic E-state index is 14.6. The molecule has 7 heterocycles. The van der Waals surface area contributed by atoms with Gasteiger partial charge in [0.05, 0.1) is 103 Å². The molecule has 5 N–H and O–H groups in total. The molecule has 26 nitrogen and oxygen atoms in total. The molecule has 0 radical (unpaired) electrons. The zero-order valence-electron chi connectivity index (χ0n) is 57.8. The molecule has 1 amide bonds. The molecule has 0 spiro atoms. The molecule has 8 bridgehead atoms. The number of benzene rings is 1. The number of carbonyl (C=O) groups is 7. The van der Waals surface area contributed by atoms with Gasteiger partial charge in [0.1, 0.15) is 18.3 Å². The standard InChI is InChI=1S/C68H96N7O19P/c1-35-26-45-46(27-36(35)2)75(34-70-45)63-58(84)59(47(33-76)93-63)94-95(85,86)37(3)32-69-49(77)24-25-65(8)43(28-53(81)90-15)62-68(11)67(10,31-55(83)92-17)42(20-23-52(80)89-14)57(74-68)39(5)61-66(9,30-54(82)91-16)40(18-21-50(78)87-12)44(71-61)29-48-64(6,7)41(19-22-51(79)88-13)56(72-48)38(4)60(65)73-62/h26-27,29,34,37,40-43,47,58-59,62-63,71,76,84H,18-25,28,30-33H2,1-17H3,(H,69,77)(H,85,86)/b44-29-,56-38-,61-39?/t37-,40-,41-,42-,43+,47-,58-,59?,62+,63+,65-,66+,67+,68-/m1/s1. The van der Waals surface area contributed by atoms with Crippen LogP contribution in [-0.2, 0) is 75.8 Å². The van der Waals surface area contributed by atoms with E-state index in [1.54, 1.807) is 4.57 Å². The quantitative estimate of drug-likeness (QED) is 0.0368. The van der Waals surface area contributed by atoms with E-state index in [1.807, 2.05) is 87.4 Å². The first-order valence-electron chi connectivity index (χ1n) is 32.3. The lowest BCUT2D eigenvalue weighted by molar-refractivity contribution is -0.147. The Labute approximate surface area is 555 Å². The van der Waals surface area contributed by atoms with Crippen molar-refractivity contribution in [2.24, 2.45) is 60.3 Å². The van der Waals surface area contributed by atoms with E-state index in [0.717, 1.165) is 11.1 Å². The van der Waals surface area contributed by atoms with E-state index in [4.69, 9.17) is 52.7 Å². The fraction of sp³-hybridized carbons (Fsp3) is 0.662. The van der Waals surface area contributed by atoms with Gasteiger partial charge < -0.3 is 63.5 Å². The molecule has 0 aliphatic carbocycles. The van der Waals surface area contributed by atoms with Crippen LogP contribution in [0.25, 0.3) is 11.0 Å². The van der Waals surface area contributed by atoms with Crippen LogP contribution >= 0.6 is 7.60 Å². The van der Waals surface area contributed by atoms with Crippen LogP contribution in [0.3, 0.4) is 0 Å². The van der Waals surface area contributed by atoms with E-state index in [0.29, 0.717) is 56.4 Å². The van der Waals surface area contributed by atoms with Gasteiger partial charge in [-0.25, -0.2) is 4.98 Å². The zero-order chi connectivity index (χ0) is 70.2. The zero-order valence-corrected chi connectivity index (χ0v) is 58.7. The second kappa shape index (κ2) is 28.6. The highest BCUT2D eigenvalue weighted by Gasteiger charge is 2.67. The van der Waals surface area contributed by atoms with E-state index >= 15 is 0 Å². The Morgan fingerprint density at radius 2 is 1.32 bits per heavy atom. The number of methoxy groups -OCH3 is 6. The summed E-state index contributed by atoms with van der Waals surface area (Å²) in [4.78, 5) is 130. The molecule has 2 fully saturated rings. The lowest BCUT2D eigenvalue weighted by atomic mass is 9.55. The summed E-state index contributed by atoms with van der Waals surface area (Å²) in [7, 11) is 2.97. The first kappa shape index (κ1) is 73.8. The monoisotopic (exact) mass is 1350 g/mol. The number of fused-ring (bicyclic) bond motifs is 7. The summed E-state index contributed by atoms with van der Waals surface area (Å²) < 4.78 is 59.7. The lowest BCUT2D eigenvalue weighted by Crippen LogP contribution is -2.55. The Hall–Kier alpha value is -6.96. The summed E-state index contributed by atoms with van der Waals surface area (Å²) in [5, 5.41) is 28.7. The number of amides is 1. The van der Waals surface area contributed by atoms with Crippen molar-refractivity contribution in [1.82, 2.24) is 20.2 Å². The molecule has 95 heavy (non-hydrogen) atoms. The number of esters is 6. The minimum Gasteiger partial charge on any atom is -0.469 e. The molecule has 0 saturated carbocycles. The average Bonchev–Trinajstić information content (AvgIpc) is 1.53. The molecule has 522 valence electrons. The van der Waals surface area contributed by atoms with Crippen molar-refractivity contribution in [2.45, 2.75) is 189 Å². The molecule has 6 aliphatic heterocycles. The molecule has 2 saturated heterocycles. The van der Waals surface area contributed by atoms with Crippen LogP contribution in [0.1, 0.15) is 150 Å². The number of nitrogens with one attached hydrogen (secondary N) is 2. The fourth-order valence-corrected chi connectivity index (χ4v) is 16.8. The molecule has 6 aliphatic rings. The summed E-state index contributed by atoms with van der Waals surface area (Å²) >= 11 is 0. The molecule has 2 unspecified atom stereocenters. The van der Waals surface area contributed by atoms with Gasteiger partial charge in [-0.05, 0) is 108 Å². The van der Waals surface area contributed by atoms with Gasteiger partial charge in [-0.15, -0.1) is 0 Å². The molecular formula is C68H96N7O19P. The van der Waals surface area contributed by atoms with Crippen LogP contribution in [0.15, 0.2) is 67.8 Å². The van der Waals surface area contributed by atoms with Crippen molar-refractivity contribution >= 4 is 77.5 Å². The first-order chi connectivity index (χ1) is 44.6. The van der Waals surface area contributed by atoms with Crippen molar-refractivity contribution < 1.29 is 90.9 Å². The Balaban J connectivity index is 1.27. The van der Waals surface area contributed by atoms with Crippen molar-refractivity contribution in [3.63, 3.8) is 0 Å². The largest absolute Gasteiger partial charge is 0.469 e. The van der Waals surface area contributed by atoms with Gasteiger partial charge in [-0.2, -0.15) is 0 Å². The molecule has 2 aromatic rings. The number of aromatic nitrogens is 2. The molecule has 8 rings (SSSR count). The number of aliphatic imine (C=N–C) groups is 3. The number of carbonyl (C=O) groups excluding carboxylic acids is 7. The summed E-state index contributed by atoms with van der Waals surface area (Å²) in [6.45, 7) is 19.5. The van der Waals surface area contributed by atoms with Crippen LogP contribution in [-0.4, -0.2) is 175 Å².